The summed E-state index contributed by atoms with van der Waals surface area (Å²) in [4.78, 5) is 4.26. The SMILES string of the molecule is N#Cc1cccnc1NC[C@@H]1CCCc2ccccc21. The molecule has 1 aromatic heterocycles. The minimum atomic E-state index is 0.508. The first-order valence-corrected chi connectivity index (χ1v) is 7.05. The topological polar surface area (TPSA) is 48.7 Å². The van der Waals surface area contributed by atoms with Gasteiger partial charge in [-0.05, 0) is 42.5 Å². The van der Waals surface area contributed by atoms with Gasteiger partial charge in [0.2, 0.25) is 0 Å². The summed E-state index contributed by atoms with van der Waals surface area (Å²) in [6.45, 7) is 0.836. The Bertz CT molecular complexity index is 643. The number of nitrogens with zero attached hydrogens (tertiary/aromatic N) is 2. The Morgan fingerprint density at radius 3 is 3.05 bits per heavy atom. The Morgan fingerprint density at radius 2 is 2.15 bits per heavy atom. The highest BCUT2D eigenvalue weighted by Gasteiger charge is 2.19. The molecule has 0 aliphatic heterocycles. The van der Waals surface area contributed by atoms with Crippen LogP contribution in [0.1, 0.15) is 35.4 Å². The first-order chi connectivity index (χ1) is 9.88. The van der Waals surface area contributed by atoms with Crippen molar-refractivity contribution < 1.29 is 0 Å². The minimum absolute atomic E-state index is 0.508. The summed E-state index contributed by atoms with van der Waals surface area (Å²) in [5, 5.41) is 12.4. The zero-order valence-corrected chi connectivity index (χ0v) is 11.3. The summed E-state index contributed by atoms with van der Waals surface area (Å²) in [5.41, 5.74) is 3.52. The standard InChI is InChI=1S/C17H17N3/c18-11-14-8-4-10-19-17(14)20-12-15-7-3-6-13-5-1-2-9-16(13)15/h1-2,4-5,8-10,15H,3,6-7,12H2,(H,19,20)/t15-/m0/s1. The van der Waals surface area contributed by atoms with E-state index in [0.29, 0.717) is 17.3 Å². The number of pyridine rings is 1. The molecular weight excluding hydrogens is 246 g/mol. The van der Waals surface area contributed by atoms with Crippen LogP contribution in [0.3, 0.4) is 0 Å². The zero-order valence-electron chi connectivity index (χ0n) is 11.3. The third-order valence-electron chi connectivity index (χ3n) is 3.94. The molecule has 3 nitrogen and oxygen atoms in total. The molecule has 0 saturated carbocycles. The molecule has 3 heteroatoms. The van der Waals surface area contributed by atoms with Crippen molar-refractivity contribution in [3.8, 4) is 6.07 Å². The molecule has 0 bridgehead atoms. The van der Waals surface area contributed by atoms with Crippen LogP contribution in [0.5, 0.6) is 0 Å². The van der Waals surface area contributed by atoms with Crippen LogP contribution in [0.25, 0.3) is 0 Å². The van der Waals surface area contributed by atoms with Gasteiger partial charge in [-0.2, -0.15) is 5.26 Å². The molecule has 1 N–H and O–H groups in total. The van der Waals surface area contributed by atoms with Crippen LogP contribution in [0, 0.1) is 11.3 Å². The van der Waals surface area contributed by atoms with E-state index >= 15 is 0 Å². The van der Waals surface area contributed by atoms with Crippen molar-refractivity contribution in [2.75, 3.05) is 11.9 Å². The van der Waals surface area contributed by atoms with Crippen LogP contribution in [-0.4, -0.2) is 11.5 Å². The second-order valence-electron chi connectivity index (χ2n) is 5.18. The number of nitrogens with one attached hydrogen (secondary N) is 1. The fourth-order valence-electron chi connectivity index (χ4n) is 2.92. The van der Waals surface area contributed by atoms with Crippen molar-refractivity contribution >= 4 is 5.82 Å². The molecule has 0 fully saturated rings. The summed E-state index contributed by atoms with van der Waals surface area (Å²) >= 11 is 0. The van der Waals surface area contributed by atoms with Gasteiger partial charge in [0.05, 0.1) is 5.56 Å². The van der Waals surface area contributed by atoms with Crippen molar-refractivity contribution in [3.05, 3.63) is 59.3 Å². The Balaban J connectivity index is 1.75. The van der Waals surface area contributed by atoms with E-state index in [-0.39, 0.29) is 0 Å². The van der Waals surface area contributed by atoms with E-state index in [1.807, 2.05) is 0 Å². The lowest BCUT2D eigenvalue weighted by Crippen LogP contribution is -2.18. The number of nitriles is 1. The maximum Gasteiger partial charge on any atom is 0.143 e. The number of aromatic nitrogens is 1. The van der Waals surface area contributed by atoms with E-state index in [1.165, 1.54) is 30.4 Å². The monoisotopic (exact) mass is 263 g/mol. The number of hydrogen-bond donors (Lipinski definition) is 1. The minimum Gasteiger partial charge on any atom is -0.368 e. The summed E-state index contributed by atoms with van der Waals surface area (Å²) < 4.78 is 0. The highest BCUT2D eigenvalue weighted by Crippen LogP contribution is 2.31. The molecule has 0 radical (unpaired) electrons. The molecule has 0 spiro atoms. The lowest BCUT2D eigenvalue weighted by Gasteiger charge is -2.26. The fourth-order valence-corrected chi connectivity index (χ4v) is 2.92. The third kappa shape index (κ3) is 2.50. The molecular formula is C17H17N3. The van der Waals surface area contributed by atoms with Crippen LogP contribution in [0.2, 0.25) is 0 Å². The first-order valence-electron chi connectivity index (χ1n) is 7.05. The predicted molar refractivity (Wildman–Crippen MR) is 79.6 cm³/mol. The van der Waals surface area contributed by atoms with Gasteiger partial charge < -0.3 is 5.32 Å². The van der Waals surface area contributed by atoms with Crippen molar-refractivity contribution in [3.63, 3.8) is 0 Å². The van der Waals surface area contributed by atoms with E-state index in [4.69, 9.17) is 5.26 Å². The molecule has 1 aliphatic carbocycles. The predicted octanol–water partition coefficient (Wildman–Crippen LogP) is 3.49. The first kappa shape index (κ1) is 12.7. The Kier molecular flexibility index (Phi) is 3.64. The van der Waals surface area contributed by atoms with Crippen molar-refractivity contribution in [2.24, 2.45) is 0 Å². The fraction of sp³-hybridized carbons (Fsp3) is 0.294. The molecule has 1 heterocycles. The van der Waals surface area contributed by atoms with Gasteiger partial charge in [-0.15, -0.1) is 0 Å². The van der Waals surface area contributed by atoms with Crippen LogP contribution in [-0.2, 0) is 6.42 Å². The van der Waals surface area contributed by atoms with Gasteiger partial charge in [0.15, 0.2) is 0 Å². The number of rotatable bonds is 3. The van der Waals surface area contributed by atoms with Crippen LogP contribution in [0.4, 0.5) is 5.82 Å². The molecule has 1 aliphatic rings. The Morgan fingerprint density at radius 1 is 1.25 bits per heavy atom. The molecule has 100 valence electrons. The van der Waals surface area contributed by atoms with E-state index in [0.717, 1.165) is 6.54 Å². The van der Waals surface area contributed by atoms with Crippen molar-refractivity contribution in [1.29, 1.82) is 5.26 Å². The van der Waals surface area contributed by atoms with Gasteiger partial charge in [-0.3, -0.25) is 0 Å². The second kappa shape index (κ2) is 5.75. The van der Waals surface area contributed by atoms with Gasteiger partial charge in [0, 0.05) is 18.7 Å². The molecule has 0 amide bonds. The number of aryl methyl sites for hydroxylation is 1. The quantitative estimate of drug-likeness (QED) is 0.922. The summed E-state index contributed by atoms with van der Waals surface area (Å²) in [5.74, 6) is 1.20. The Labute approximate surface area is 119 Å². The van der Waals surface area contributed by atoms with Crippen LogP contribution < -0.4 is 5.32 Å². The normalized spacial score (nSPS) is 17.1. The van der Waals surface area contributed by atoms with Crippen molar-refractivity contribution in [2.45, 2.75) is 25.2 Å². The van der Waals surface area contributed by atoms with E-state index < -0.39 is 0 Å². The lowest BCUT2D eigenvalue weighted by molar-refractivity contribution is 0.571. The van der Waals surface area contributed by atoms with Gasteiger partial charge in [0.1, 0.15) is 11.9 Å². The van der Waals surface area contributed by atoms with Gasteiger partial charge in [-0.25, -0.2) is 4.98 Å². The number of hydrogen-bond acceptors (Lipinski definition) is 3. The molecule has 1 aromatic carbocycles. The summed E-state index contributed by atoms with van der Waals surface area (Å²) in [6, 6.07) is 14.4. The van der Waals surface area contributed by atoms with E-state index in [9.17, 15) is 0 Å². The van der Waals surface area contributed by atoms with Crippen LogP contribution in [0.15, 0.2) is 42.6 Å². The molecule has 3 rings (SSSR count). The Hall–Kier alpha value is -2.34. The molecule has 1 atom stereocenters. The van der Waals surface area contributed by atoms with Gasteiger partial charge >= 0.3 is 0 Å². The zero-order chi connectivity index (χ0) is 13.8. The maximum atomic E-state index is 9.08. The van der Waals surface area contributed by atoms with Crippen LogP contribution >= 0.6 is 0 Å². The molecule has 2 aromatic rings. The summed E-state index contributed by atoms with van der Waals surface area (Å²) in [6.07, 6.45) is 5.33. The smallest absolute Gasteiger partial charge is 0.143 e. The summed E-state index contributed by atoms with van der Waals surface area (Å²) in [7, 11) is 0. The average Bonchev–Trinajstić information content (AvgIpc) is 2.53. The number of benzene rings is 1. The highest BCUT2D eigenvalue weighted by atomic mass is 15.0. The lowest BCUT2D eigenvalue weighted by atomic mass is 9.83. The van der Waals surface area contributed by atoms with E-state index in [1.54, 1.807) is 18.3 Å². The maximum absolute atomic E-state index is 9.08. The molecule has 0 unspecified atom stereocenters. The van der Waals surface area contributed by atoms with Gasteiger partial charge in [0.25, 0.3) is 0 Å². The largest absolute Gasteiger partial charge is 0.368 e. The third-order valence-corrected chi connectivity index (χ3v) is 3.94. The molecule has 20 heavy (non-hydrogen) atoms. The van der Waals surface area contributed by atoms with Crippen molar-refractivity contribution in [1.82, 2.24) is 4.98 Å². The van der Waals surface area contributed by atoms with E-state index in [2.05, 4.69) is 40.6 Å². The number of fused-ring (bicyclic) bond motifs is 1. The number of anilines is 1. The average molecular weight is 263 g/mol. The van der Waals surface area contributed by atoms with Gasteiger partial charge in [-0.1, -0.05) is 24.3 Å². The molecule has 0 saturated heterocycles. The highest BCUT2D eigenvalue weighted by molar-refractivity contribution is 5.51. The second-order valence-corrected chi connectivity index (χ2v) is 5.18.